The van der Waals surface area contributed by atoms with Gasteiger partial charge in [0.2, 0.25) is 0 Å². The zero-order chi connectivity index (χ0) is 20.6. The average molecular weight is 416 g/mol. The third-order valence-electron chi connectivity index (χ3n) is 7.02. The number of H-pyrrole nitrogens is 1. The molecule has 5 heterocycles. The Morgan fingerprint density at radius 2 is 1.81 bits per heavy atom. The molecule has 0 unspecified atom stereocenters. The van der Waals surface area contributed by atoms with Crippen LogP contribution in [0.2, 0.25) is 0 Å². The Kier molecular flexibility index (Phi) is 4.97. The maximum Gasteiger partial charge on any atom is 0.139 e. The molecule has 6 rings (SSSR count). The molecule has 0 saturated carbocycles. The predicted molar refractivity (Wildman–Crippen MR) is 122 cm³/mol. The molecule has 0 bridgehead atoms. The van der Waals surface area contributed by atoms with Crippen molar-refractivity contribution in [3.8, 4) is 0 Å². The van der Waals surface area contributed by atoms with Crippen LogP contribution in [0, 0.1) is 0 Å². The highest BCUT2D eigenvalue weighted by Crippen LogP contribution is 2.37. The van der Waals surface area contributed by atoms with Crippen LogP contribution in [0.25, 0.3) is 22.1 Å². The summed E-state index contributed by atoms with van der Waals surface area (Å²) in [7, 11) is 0. The lowest BCUT2D eigenvalue weighted by Crippen LogP contribution is -2.35. The molecule has 1 N–H and O–H groups in total. The number of imidazole rings is 1. The molecule has 2 aliphatic heterocycles. The topological polar surface area (TPSA) is 59.0 Å². The molecule has 0 atom stereocenters. The van der Waals surface area contributed by atoms with Gasteiger partial charge >= 0.3 is 0 Å². The van der Waals surface area contributed by atoms with Gasteiger partial charge in [-0.2, -0.15) is 0 Å². The lowest BCUT2D eigenvalue weighted by atomic mass is 9.97. The molecule has 3 aromatic heterocycles. The second-order valence-corrected chi connectivity index (χ2v) is 8.95. The highest BCUT2D eigenvalue weighted by atomic mass is 16.5. The summed E-state index contributed by atoms with van der Waals surface area (Å²) in [6.07, 6.45) is 8.36. The van der Waals surface area contributed by atoms with E-state index in [2.05, 4.69) is 55.8 Å². The van der Waals surface area contributed by atoms with E-state index < -0.39 is 0 Å². The van der Waals surface area contributed by atoms with Crippen molar-refractivity contribution in [1.29, 1.82) is 0 Å². The summed E-state index contributed by atoms with van der Waals surface area (Å²) < 4.78 is 8.23. The predicted octanol–water partition coefficient (Wildman–Crippen LogP) is 4.64. The Hall–Kier alpha value is -2.70. The van der Waals surface area contributed by atoms with Crippen LogP contribution in [-0.2, 0) is 11.3 Å². The number of fused-ring (bicyclic) bond motifs is 3. The number of nitrogens with one attached hydrogen (secondary N) is 1. The lowest BCUT2D eigenvalue weighted by molar-refractivity contribution is 0.0818. The van der Waals surface area contributed by atoms with Gasteiger partial charge in [-0.3, -0.25) is 4.90 Å². The molecule has 0 spiro atoms. The maximum absolute atomic E-state index is 5.65. The fourth-order valence-corrected chi connectivity index (χ4v) is 5.40. The van der Waals surface area contributed by atoms with Crippen LogP contribution in [0.3, 0.4) is 0 Å². The summed E-state index contributed by atoms with van der Waals surface area (Å²) in [6, 6.07) is 13.5. The molecule has 160 valence electrons. The molecule has 0 amide bonds. The Bertz CT molecular complexity index is 1170. The number of piperidine rings is 1. The summed E-state index contributed by atoms with van der Waals surface area (Å²) in [4.78, 5) is 15.6. The minimum Gasteiger partial charge on any atom is -0.381 e. The molecule has 0 radical (unpaired) electrons. The van der Waals surface area contributed by atoms with E-state index in [1.165, 1.54) is 22.3 Å². The monoisotopic (exact) mass is 415 g/mol. The number of aromatic nitrogens is 4. The highest BCUT2D eigenvalue weighted by Gasteiger charge is 2.30. The van der Waals surface area contributed by atoms with Crippen LogP contribution < -0.4 is 0 Å². The van der Waals surface area contributed by atoms with Crippen molar-refractivity contribution >= 4 is 22.1 Å². The van der Waals surface area contributed by atoms with E-state index in [4.69, 9.17) is 9.72 Å². The number of hydrogen-bond donors (Lipinski definition) is 1. The van der Waals surface area contributed by atoms with Gasteiger partial charge in [-0.1, -0.05) is 30.3 Å². The van der Waals surface area contributed by atoms with Crippen molar-refractivity contribution in [2.24, 2.45) is 0 Å². The van der Waals surface area contributed by atoms with Gasteiger partial charge in [0.1, 0.15) is 17.0 Å². The Morgan fingerprint density at radius 1 is 1.00 bits per heavy atom. The van der Waals surface area contributed by atoms with Gasteiger partial charge in [-0.15, -0.1) is 0 Å². The molecule has 31 heavy (non-hydrogen) atoms. The Balaban J connectivity index is 1.34. The van der Waals surface area contributed by atoms with E-state index in [9.17, 15) is 0 Å². The summed E-state index contributed by atoms with van der Waals surface area (Å²) in [5.74, 6) is 1.72. The van der Waals surface area contributed by atoms with Gasteiger partial charge < -0.3 is 14.3 Å². The van der Waals surface area contributed by atoms with Crippen molar-refractivity contribution in [3.63, 3.8) is 0 Å². The number of nitrogens with zero attached hydrogens (tertiary/aromatic N) is 4. The van der Waals surface area contributed by atoms with Gasteiger partial charge in [-0.05, 0) is 37.3 Å². The van der Waals surface area contributed by atoms with Crippen LogP contribution in [0.15, 0.2) is 48.8 Å². The smallest absolute Gasteiger partial charge is 0.139 e. The molecule has 2 saturated heterocycles. The van der Waals surface area contributed by atoms with Crippen LogP contribution in [0.1, 0.15) is 49.0 Å². The number of pyridine rings is 1. The Labute approximate surface area is 182 Å². The summed E-state index contributed by atoms with van der Waals surface area (Å²) >= 11 is 0. The van der Waals surface area contributed by atoms with Crippen molar-refractivity contribution in [3.05, 3.63) is 60.2 Å². The first-order valence-corrected chi connectivity index (χ1v) is 11.5. The fourth-order valence-electron chi connectivity index (χ4n) is 5.40. The molecular formula is C25H29N5O. The first-order valence-electron chi connectivity index (χ1n) is 11.5. The van der Waals surface area contributed by atoms with E-state index in [1.54, 1.807) is 0 Å². The number of likely N-dealkylation sites (tertiary alicyclic amines) is 1. The van der Waals surface area contributed by atoms with E-state index in [0.29, 0.717) is 12.0 Å². The minimum absolute atomic E-state index is 0.470. The van der Waals surface area contributed by atoms with Crippen LogP contribution >= 0.6 is 0 Å². The third kappa shape index (κ3) is 3.54. The minimum atomic E-state index is 0.470. The van der Waals surface area contributed by atoms with Crippen LogP contribution in [-0.4, -0.2) is 50.7 Å². The standard InChI is InChI=1S/C25H29N5O/c1-2-4-18(5-3-1)17-29-12-7-20(8-13-29)30-23-21-6-11-26-24(21)27-16-22(23)28-25(30)19-9-14-31-15-10-19/h1-6,11,16,19-20H,7-10,12-15,17H2,(H,26,27). The SMILES string of the molecule is c1ccc(CN2CCC(n3c(C4CCOCC4)nc4cnc5[nH]ccc5c43)CC2)cc1. The molecule has 6 heteroatoms. The number of hydrogen-bond acceptors (Lipinski definition) is 4. The van der Waals surface area contributed by atoms with Crippen LogP contribution in [0.5, 0.6) is 0 Å². The van der Waals surface area contributed by atoms with E-state index >= 15 is 0 Å². The molecule has 6 nitrogen and oxygen atoms in total. The summed E-state index contributed by atoms with van der Waals surface area (Å²) in [5, 5.41) is 1.19. The van der Waals surface area contributed by atoms with Gasteiger partial charge in [0.15, 0.2) is 0 Å². The molecule has 1 aromatic carbocycles. The van der Waals surface area contributed by atoms with Crippen LogP contribution in [0.4, 0.5) is 0 Å². The zero-order valence-electron chi connectivity index (χ0n) is 17.8. The molecule has 2 aliphatic rings. The highest BCUT2D eigenvalue weighted by molar-refractivity contribution is 6.01. The number of benzene rings is 1. The van der Waals surface area contributed by atoms with E-state index in [-0.39, 0.29) is 0 Å². The quantitative estimate of drug-likeness (QED) is 0.527. The second-order valence-electron chi connectivity index (χ2n) is 8.95. The maximum atomic E-state index is 5.65. The van der Waals surface area contributed by atoms with E-state index in [1.807, 2.05) is 12.4 Å². The number of aromatic amines is 1. The third-order valence-corrected chi connectivity index (χ3v) is 7.02. The number of ether oxygens (including phenoxy) is 1. The van der Waals surface area contributed by atoms with Gasteiger partial charge in [0.05, 0.1) is 11.7 Å². The van der Waals surface area contributed by atoms with E-state index in [0.717, 1.165) is 69.7 Å². The second kappa shape index (κ2) is 8.09. The van der Waals surface area contributed by atoms with Gasteiger partial charge in [0, 0.05) is 56.4 Å². The fraction of sp³-hybridized carbons (Fsp3) is 0.440. The molecular weight excluding hydrogens is 386 g/mol. The van der Waals surface area contributed by atoms with Gasteiger partial charge in [0.25, 0.3) is 0 Å². The molecule has 0 aliphatic carbocycles. The lowest BCUT2D eigenvalue weighted by Gasteiger charge is -2.35. The molecule has 2 fully saturated rings. The average Bonchev–Trinajstić information content (AvgIpc) is 3.45. The van der Waals surface area contributed by atoms with Crippen molar-refractivity contribution in [2.75, 3.05) is 26.3 Å². The largest absolute Gasteiger partial charge is 0.381 e. The Morgan fingerprint density at radius 3 is 2.61 bits per heavy atom. The molecule has 4 aromatic rings. The van der Waals surface area contributed by atoms with Crippen molar-refractivity contribution < 1.29 is 4.74 Å². The summed E-state index contributed by atoms with van der Waals surface area (Å²) in [6.45, 7) is 4.95. The number of rotatable bonds is 4. The zero-order valence-corrected chi connectivity index (χ0v) is 17.8. The van der Waals surface area contributed by atoms with Crippen molar-refractivity contribution in [1.82, 2.24) is 24.4 Å². The first kappa shape index (κ1) is 19.0. The first-order chi connectivity index (χ1) is 15.4. The summed E-state index contributed by atoms with van der Waals surface area (Å²) in [5.41, 5.74) is 4.64. The van der Waals surface area contributed by atoms with Crippen molar-refractivity contribution in [2.45, 2.75) is 44.2 Å². The van der Waals surface area contributed by atoms with Gasteiger partial charge in [-0.25, -0.2) is 9.97 Å². The normalized spacial score (nSPS) is 19.5.